The zero-order chi connectivity index (χ0) is 14.3. The molecule has 1 heterocycles. The third kappa shape index (κ3) is 6.68. The van der Waals surface area contributed by atoms with Crippen LogP contribution < -0.4 is 0 Å². The number of hydrogen-bond donors (Lipinski definition) is 2. The summed E-state index contributed by atoms with van der Waals surface area (Å²) in [6.45, 7) is 12.1. The lowest BCUT2D eigenvalue weighted by atomic mass is 10.1. The fraction of sp³-hybridized carbons (Fsp3) is 1.00. The van der Waals surface area contributed by atoms with Crippen LogP contribution in [0, 0.1) is 0 Å². The molecule has 0 unspecified atom stereocenters. The van der Waals surface area contributed by atoms with Crippen LogP contribution >= 0.6 is 0 Å². The second kappa shape index (κ2) is 8.17. The lowest BCUT2D eigenvalue weighted by Crippen LogP contribution is -2.49. The summed E-state index contributed by atoms with van der Waals surface area (Å²) in [6.07, 6.45) is 0.523. The van der Waals surface area contributed by atoms with Crippen LogP contribution in [0.4, 0.5) is 0 Å². The summed E-state index contributed by atoms with van der Waals surface area (Å²) >= 11 is 0. The second-order valence-corrected chi connectivity index (χ2v) is 5.94. The first kappa shape index (κ1) is 16.9. The maximum atomic E-state index is 10.0. The number of aliphatic hydroxyl groups is 2. The summed E-state index contributed by atoms with van der Waals surface area (Å²) in [7, 11) is 0. The van der Waals surface area contributed by atoms with Gasteiger partial charge in [-0.3, -0.25) is 9.80 Å². The molecule has 19 heavy (non-hydrogen) atoms. The molecule has 1 aliphatic heterocycles. The highest BCUT2D eigenvalue weighted by molar-refractivity contribution is 4.75. The highest BCUT2D eigenvalue weighted by Crippen LogP contribution is 2.14. The van der Waals surface area contributed by atoms with Crippen LogP contribution in [0.2, 0.25) is 0 Å². The van der Waals surface area contributed by atoms with Crippen molar-refractivity contribution < 1.29 is 14.9 Å². The summed E-state index contributed by atoms with van der Waals surface area (Å²) in [5.41, 5.74) is -0.152. The van der Waals surface area contributed by atoms with Gasteiger partial charge in [-0.15, -0.1) is 0 Å². The SMILES string of the molecule is CCC(C)(C)OC[C@@H](O)CN1CCN(CCO)CC1. The van der Waals surface area contributed by atoms with Gasteiger partial charge in [0.2, 0.25) is 0 Å². The van der Waals surface area contributed by atoms with Crippen LogP contribution in [0.15, 0.2) is 0 Å². The van der Waals surface area contributed by atoms with Gasteiger partial charge in [-0.05, 0) is 20.3 Å². The number of piperazine rings is 1. The average molecular weight is 274 g/mol. The first-order chi connectivity index (χ1) is 8.96. The molecule has 1 saturated heterocycles. The highest BCUT2D eigenvalue weighted by atomic mass is 16.5. The Morgan fingerprint density at radius 3 is 2.26 bits per heavy atom. The smallest absolute Gasteiger partial charge is 0.0900 e. The number of hydrogen-bond acceptors (Lipinski definition) is 5. The Balaban J connectivity index is 2.18. The molecule has 0 spiro atoms. The normalized spacial score (nSPS) is 20.7. The molecule has 0 aliphatic carbocycles. The van der Waals surface area contributed by atoms with Gasteiger partial charge in [0, 0.05) is 39.3 Å². The van der Waals surface area contributed by atoms with Crippen LogP contribution in [-0.4, -0.2) is 84.2 Å². The first-order valence-electron chi connectivity index (χ1n) is 7.34. The van der Waals surface area contributed by atoms with Gasteiger partial charge in [-0.2, -0.15) is 0 Å². The van der Waals surface area contributed by atoms with E-state index < -0.39 is 6.10 Å². The molecule has 1 rings (SSSR count). The van der Waals surface area contributed by atoms with Gasteiger partial charge >= 0.3 is 0 Å². The fourth-order valence-corrected chi connectivity index (χ4v) is 2.11. The van der Waals surface area contributed by atoms with Crippen molar-refractivity contribution in [2.24, 2.45) is 0 Å². The zero-order valence-electron chi connectivity index (χ0n) is 12.6. The number of ether oxygens (including phenoxy) is 1. The third-order valence-electron chi connectivity index (χ3n) is 3.87. The third-order valence-corrected chi connectivity index (χ3v) is 3.87. The predicted octanol–water partition coefficient (Wildman–Crippen LogP) is 0.162. The molecule has 5 nitrogen and oxygen atoms in total. The maximum Gasteiger partial charge on any atom is 0.0900 e. The van der Waals surface area contributed by atoms with E-state index in [2.05, 4.69) is 16.7 Å². The van der Waals surface area contributed by atoms with Crippen LogP contribution in [0.1, 0.15) is 27.2 Å². The monoisotopic (exact) mass is 274 g/mol. The van der Waals surface area contributed by atoms with Crippen LogP contribution in [-0.2, 0) is 4.74 Å². The minimum absolute atomic E-state index is 0.152. The van der Waals surface area contributed by atoms with E-state index in [4.69, 9.17) is 9.84 Å². The van der Waals surface area contributed by atoms with Gasteiger partial charge in [-0.25, -0.2) is 0 Å². The van der Waals surface area contributed by atoms with Crippen LogP contribution in [0.5, 0.6) is 0 Å². The number of nitrogens with zero attached hydrogens (tertiary/aromatic N) is 2. The van der Waals surface area contributed by atoms with Crippen molar-refractivity contribution >= 4 is 0 Å². The fourth-order valence-electron chi connectivity index (χ4n) is 2.11. The Bertz CT molecular complexity index is 241. The van der Waals surface area contributed by atoms with Crippen molar-refractivity contribution in [3.8, 4) is 0 Å². The molecular weight excluding hydrogens is 244 g/mol. The van der Waals surface area contributed by atoms with E-state index in [-0.39, 0.29) is 12.2 Å². The lowest BCUT2D eigenvalue weighted by Gasteiger charge is -2.35. The minimum Gasteiger partial charge on any atom is -0.395 e. The standard InChI is InChI=1S/C14H30N2O3/c1-4-14(2,3)19-12-13(18)11-16-7-5-15(6-8-16)9-10-17/h13,17-18H,4-12H2,1-3H3/t13-/m0/s1. The number of rotatable bonds is 8. The molecule has 0 amide bonds. The molecule has 0 aromatic rings. The van der Waals surface area contributed by atoms with Gasteiger partial charge in [0.05, 0.1) is 24.9 Å². The second-order valence-electron chi connectivity index (χ2n) is 5.94. The van der Waals surface area contributed by atoms with E-state index in [0.29, 0.717) is 13.2 Å². The summed E-state index contributed by atoms with van der Waals surface area (Å²) in [6, 6.07) is 0. The number of aliphatic hydroxyl groups excluding tert-OH is 2. The Labute approximate surface area is 117 Å². The van der Waals surface area contributed by atoms with Gasteiger partial charge in [0.25, 0.3) is 0 Å². The highest BCUT2D eigenvalue weighted by Gasteiger charge is 2.21. The van der Waals surface area contributed by atoms with E-state index in [1.165, 1.54) is 0 Å². The molecule has 0 bridgehead atoms. The van der Waals surface area contributed by atoms with Crippen molar-refractivity contribution in [2.45, 2.75) is 38.9 Å². The average Bonchev–Trinajstić information content (AvgIpc) is 2.39. The minimum atomic E-state index is -0.421. The molecule has 0 aromatic heterocycles. The maximum absolute atomic E-state index is 10.0. The van der Waals surface area contributed by atoms with Gasteiger partial charge in [0.15, 0.2) is 0 Å². The molecule has 1 atom stereocenters. The molecule has 114 valence electrons. The lowest BCUT2D eigenvalue weighted by molar-refractivity contribution is -0.0693. The van der Waals surface area contributed by atoms with Gasteiger partial charge in [-0.1, -0.05) is 6.92 Å². The number of β-amino-alcohol motifs (C(OH)–C–C–N with tert-alkyl or cyclic N) is 2. The quantitative estimate of drug-likeness (QED) is 0.660. The molecule has 0 saturated carbocycles. The van der Waals surface area contributed by atoms with Crippen molar-refractivity contribution in [1.82, 2.24) is 9.80 Å². The molecule has 1 fully saturated rings. The largest absolute Gasteiger partial charge is 0.395 e. The molecular formula is C14H30N2O3. The topological polar surface area (TPSA) is 56.2 Å². The summed E-state index contributed by atoms with van der Waals surface area (Å²) in [5, 5.41) is 18.9. The van der Waals surface area contributed by atoms with E-state index in [9.17, 15) is 5.11 Å². The van der Waals surface area contributed by atoms with Crippen molar-refractivity contribution in [1.29, 1.82) is 0 Å². The van der Waals surface area contributed by atoms with E-state index in [0.717, 1.165) is 39.1 Å². The predicted molar refractivity (Wildman–Crippen MR) is 76.3 cm³/mol. The van der Waals surface area contributed by atoms with Crippen molar-refractivity contribution in [3.05, 3.63) is 0 Å². The van der Waals surface area contributed by atoms with Crippen molar-refractivity contribution in [3.63, 3.8) is 0 Å². The Kier molecular flexibility index (Phi) is 7.25. The van der Waals surface area contributed by atoms with E-state index >= 15 is 0 Å². The van der Waals surface area contributed by atoms with Gasteiger partial charge < -0.3 is 14.9 Å². The molecule has 0 aromatic carbocycles. The zero-order valence-corrected chi connectivity index (χ0v) is 12.6. The van der Waals surface area contributed by atoms with Crippen molar-refractivity contribution in [2.75, 3.05) is 52.5 Å². The van der Waals surface area contributed by atoms with E-state index in [1.54, 1.807) is 0 Å². The Hall–Kier alpha value is -0.200. The van der Waals surface area contributed by atoms with Crippen LogP contribution in [0.3, 0.4) is 0 Å². The Morgan fingerprint density at radius 1 is 1.16 bits per heavy atom. The molecule has 2 N–H and O–H groups in total. The molecule has 1 aliphatic rings. The van der Waals surface area contributed by atoms with Crippen LogP contribution in [0.25, 0.3) is 0 Å². The summed E-state index contributed by atoms with van der Waals surface area (Å²) in [5.74, 6) is 0. The first-order valence-corrected chi connectivity index (χ1v) is 7.34. The van der Waals surface area contributed by atoms with Gasteiger partial charge in [0.1, 0.15) is 0 Å². The Morgan fingerprint density at radius 2 is 1.74 bits per heavy atom. The molecule has 5 heteroatoms. The summed E-state index contributed by atoms with van der Waals surface area (Å²) < 4.78 is 5.72. The molecule has 0 radical (unpaired) electrons. The summed E-state index contributed by atoms with van der Waals surface area (Å²) in [4.78, 5) is 4.51. The van der Waals surface area contributed by atoms with E-state index in [1.807, 2.05) is 13.8 Å².